The number of thiol groups is 1. The molecule has 1 aliphatic rings. The summed E-state index contributed by atoms with van der Waals surface area (Å²) >= 11 is 13.7. The molecule has 1 saturated heterocycles. The topological polar surface area (TPSA) is 33.2 Å². The van der Waals surface area contributed by atoms with Crippen LogP contribution >= 0.6 is 40.2 Å². The number of carbonyl (C=O) groups excluding carboxylic acids is 1. The quantitative estimate of drug-likeness (QED) is 0.637. The van der Waals surface area contributed by atoms with Crippen molar-refractivity contribution < 1.29 is 4.79 Å². The van der Waals surface area contributed by atoms with Gasteiger partial charge in [0.25, 0.3) is 0 Å². The minimum atomic E-state index is 0.0412. The van der Waals surface area contributed by atoms with Crippen molar-refractivity contribution in [2.45, 2.75) is 18.6 Å². The largest absolute Gasteiger partial charge is 0.308 e. The molecule has 1 aromatic rings. The van der Waals surface area contributed by atoms with Gasteiger partial charge in [0.05, 0.1) is 11.4 Å². The van der Waals surface area contributed by atoms with Gasteiger partial charge in [0.2, 0.25) is 5.91 Å². The van der Waals surface area contributed by atoms with Gasteiger partial charge in [0, 0.05) is 22.7 Å². The summed E-state index contributed by atoms with van der Waals surface area (Å²) in [5, 5.41) is 0.431. The molecule has 0 N–H and O–H groups in total. The Morgan fingerprint density at radius 2 is 2.38 bits per heavy atom. The molecule has 0 aromatic carbocycles. The van der Waals surface area contributed by atoms with Crippen molar-refractivity contribution in [3.8, 4) is 0 Å². The molecule has 6 heteroatoms. The van der Waals surface area contributed by atoms with Gasteiger partial charge in [-0.1, -0.05) is 11.6 Å². The van der Waals surface area contributed by atoms with Crippen LogP contribution in [0.3, 0.4) is 0 Å². The highest BCUT2D eigenvalue weighted by Crippen LogP contribution is 2.32. The zero-order valence-corrected chi connectivity index (χ0v) is 11.8. The van der Waals surface area contributed by atoms with Gasteiger partial charge in [-0.25, -0.2) is 4.98 Å². The van der Waals surface area contributed by atoms with E-state index in [0.717, 1.165) is 10.2 Å². The fourth-order valence-corrected chi connectivity index (χ4v) is 2.56. The number of hydrogen-bond donors (Lipinski definition) is 1. The van der Waals surface area contributed by atoms with Crippen molar-refractivity contribution in [3.63, 3.8) is 0 Å². The molecule has 16 heavy (non-hydrogen) atoms. The normalized spacial score (nSPS) is 20.6. The number of halogens is 2. The van der Waals surface area contributed by atoms with Crippen LogP contribution < -0.4 is 4.90 Å². The fourth-order valence-electron chi connectivity index (χ4n) is 1.65. The van der Waals surface area contributed by atoms with E-state index in [-0.39, 0.29) is 11.2 Å². The van der Waals surface area contributed by atoms with Crippen molar-refractivity contribution >= 4 is 51.8 Å². The number of aryl methyl sites for hydroxylation is 1. The maximum atomic E-state index is 11.7. The fraction of sp³-hybridized carbons (Fsp3) is 0.400. The van der Waals surface area contributed by atoms with Gasteiger partial charge in [-0.05, 0) is 28.9 Å². The molecule has 86 valence electrons. The molecule has 0 aliphatic carbocycles. The third kappa shape index (κ3) is 2.21. The molecule has 0 saturated carbocycles. The third-order valence-electron chi connectivity index (χ3n) is 2.48. The third-order valence-corrected chi connectivity index (χ3v) is 3.91. The van der Waals surface area contributed by atoms with E-state index in [9.17, 15) is 4.79 Å². The Labute approximate surface area is 113 Å². The van der Waals surface area contributed by atoms with E-state index in [1.165, 1.54) is 0 Å². The van der Waals surface area contributed by atoms with Gasteiger partial charge in [0.1, 0.15) is 0 Å². The molecule has 0 bridgehead atoms. The van der Waals surface area contributed by atoms with Crippen LogP contribution in [-0.4, -0.2) is 22.7 Å². The monoisotopic (exact) mass is 320 g/mol. The van der Waals surface area contributed by atoms with Gasteiger partial charge < -0.3 is 4.90 Å². The molecule has 0 radical (unpaired) electrons. The summed E-state index contributed by atoms with van der Waals surface area (Å²) in [5.74, 6) is 0.0412. The van der Waals surface area contributed by atoms with Gasteiger partial charge in [-0.2, -0.15) is 12.6 Å². The van der Waals surface area contributed by atoms with E-state index < -0.39 is 0 Å². The lowest BCUT2D eigenvalue weighted by Gasteiger charge is -2.17. The van der Waals surface area contributed by atoms with Gasteiger partial charge in [0.15, 0.2) is 5.15 Å². The predicted molar refractivity (Wildman–Crippen MR) is 71.4 cm³/mol. The number of nitrogens with zero attached hydrogens (tertiary/aromatic N) is 2. The minimum absolute atomic E-state index is 0.0412. The second-order valence-corrected chi connectivity index (χ2v) is 5.67. The number of amides is 1. The molecular formula is C10H10BrClN2OS. The van der Waals surface area contributed by atoms with Crippen molar-refractivity contribution in [2.75, 3.05) is 11.4 Å². The van der Waals surface area contributed by atoms with Crippen LogP contribution in [0.5, 0.6) is 0 Å². The minimum Gasteiger partial charge on any atom is -0.308 e. The zero-order valence-electron chi connectivity index (χ0n) is 8.57. The molecule has 1 aliphatic heterocycles. The maximum Gasteiger partial charge on any atom is 0.228 e. The lowest BCUT2D eigenvalue weighted by atomic mass is 10.3. The van der Waals surface area contributed by atoms with Crippen LogP contribution in [0.15, 0.2) is 10.5 Å². The summed E-state index contributed by atoms with van der Waals surface area (Å²) in [6.45, 7) is 2.44. The Kier molecular flexibility index (Phi) is 3.47. The van der Waals surface area contributed by atoms with Crippen molar-refractivity contribution in [1.29, 1.82) is 0 Å². The smallest absolute Gasteiger partial charge is 0.228 e. The maximum absolute atomic E-state index is 11.7. The zero-order chi connectivity index (χ0) is 11.9. The highest BCUT2D eigenvalue weighted by molar-refractivity contribution is 9.10. The average Bonchev–Trinajstić information content (AvgIpc) is 2.51. The summed E-state index contributed by atoms with van der Waals surface area (Å²) in [4.78, 5) is 17.5. The standard InChI is InChI=1S/C10H10BrClN2OS/c1-5-7(11)3-8(10(12)13-5)14-4-6(16)2-9(14)15/h3,6,16H,2,4H2,1H3. The highest BCUT2D eigenvalue weighted by Gasteiger charge is 2.30. The van der Waals surface area contributed by atoms with E-state index in [0.29, 0.717) is 23.8 Å². The molecule has 1 amide bonds. The van der Waals surface area contributed by atoms with E-state index in [4.69, 9.17) is 11.6 Å². The number of hydrogen-bond acceptors (Lipinski definition) is 3. The molecule has 2 rings (SSSR count). The van der Waals surface area contributed by atoms with E-state index >= 15 is 0 Å². The number of pyridine rings is 1. The first-order valence-electron chi connectivity index (χ1n) is 4.80. The van der Waals surface area contributed by atoms with Crippen LogP contribution in [0.4, 0.5) is 5.69 Å². The predicted octanol–water partition coefficient (Wildman–Crippen LogP) is 2.84. The van der Waals surface area contributed by atoms with Crippen LogP contribution in [0.1, 0.15) is 12.1 Å². The highest BCUT2D eigenvalue weighted by atomic mass is 79.9. The van der Waals surface area contributed by atoms with Crippen LogP contribution in [0.2, 0.25) is 5.15 Å². The first kappa shape index (κ1) is 12.2. The second kappa shape index (κ2) is 4.55. The summed E-state index contributed by atoms with van der Waals surface area (Å²) in [6.07, 6.45) is 0.449. The Morgan fingerprint density at radius 1 is 1.69 bits per heavy atom. The number of aromatic nitrogens is 1. The van der Waals surface area contributed by atoms with Gasteiger partial charge in [-0.15, -0.1) is 0 Å². The Balaban J connectivity index is 2.41. The van der Waals surface area contributed by atoms with Crippen LogP contribution in [-0.2, 0) is 4.79 Å². The van der Waals surface area contributed by atoms with E-state index in [1.807, 2.05) is 13.0 Å². The first-order valence-corrected chi connectivity index (χ1v) is 6.49. The van der Waals surface area contributed by atoms with Crippen molar-refractivity contribution in [3.05, 3.63) is 21.4 Å². The van der Waals surface area contributed by atoms with Crippen LogP contribution in [0.25, 0.3) is 0 Å². The lowest BCUT2D eigenvalue weighted by Crippen LogP contribution is -2.25. The molecule has 1 atom stereocenters. The summed E-state index contributed by atoms with van der Waals surface area (Å²) < 4.78 is 0.849. The molecule has 1 unspecified atom stereocenters. The SMILES string of the molecule is Cc1nc(Cl)c(N2CC(S)CC2=O)cc1Br. The Hall–Kier alpha value is -0.260. The molecule has 3 nitrogen and oxygen atoms in total. The lowest BCUT2D eigenvalue weighted by molar-refractivity contribution is -0.117. The summed E-state index contributed by atoms with van der Waals surface area (Å²) in [5.41, 5.74) is 1.46. The van der Waals surface area contributed by atoms with E-state index in [2.05, 4.69) is 33.5 Å². The molecule has 1 aromatic heterocycles. The Bertz CT molecular complexity index is 455. The summed E-state index contributed by atoms with van der Waals surface area (Å²) in [7, 11) is 0. The number of carbonyl (C=O) groups is 1. The van der Waals surface area contributed by atoms with Crippen molar-refractivity contribution in [2.24, 2.45) is 0 Å². The van der Waals surface area contributed by atoms with Crippen LogP contribution in [0, 0.1) is 6.92 Å². The van der Waals surface area contributed by atoms with Gasteiger partial charge >= 0.3 is 0 Å². The molecule has 1 fully saturated rings. The summed E-state index contributed by atoms with van der Waals surface area (Å²) in [6, 6.07) is 1.83. The average molecular weight is 322 g/mol. The van der Waals surface area contributed by atoms with Gasteiger partial charge in [-0.3, -0.25) is 4.79 Å². The molecule has 2 heterocycles. The molecular weight excluding hydrogens is 312 g/mol. The van der Waals surface area contributed by atoms with E-state index in [1.54, 1.807) is 4.90 Å². The molecule has 0 spiro atoms. The number of rotatable bonds is 1. The second-order valence-electron chi connectivity index (χ2n) is 3.73. The number of anilines is 1. The first-order chi connectivity index (χ1) is 7.49. The van der Waals surface area contributed by atoms with Crippen molar-refractivity contribution in [1.82, 2.24) is 4.98 Å². The Morgan fingerprint density at radius 3 is 2.94 bits per heavy atom.